The molecule has 0 aliphatic heterocycles. The summed E-state index contributed by atoms with van der Waals surface area (Å²) in [6.07, 6.45) is 0. The highest BCUT2D eigenvalue weighted by molar-refractivity contribution is 8.00. The third-order valence-corrected chi connectivity index (χ3v) is 1.62. The predicted octanol–water partition coefficient (Wildman–Crippen LogP) is 0.990. The van der Waals surface area contributed by atoms with Gasteiger partial charge in [0.15, 0.2) is 0 Å². The Kier molecular flexibility index (Phi) is 3.49. The van der Waals surface area contributed by atoms with Gasteiger partial charge in [0.25, 0.3) is 5.95 Å². The Morgan fingerprint density at radius 3 is 1.92 bits per heavy atom. The van der Waals surface area contributed by atoms with Gasteiger partial charge >= 0.3 is 0 Å². The van der Waals surface area contributed by atoms with Gasteiger partial charge in [0.05, 0.1) is 20.3 Å². The number of anilines is 1. The summed E-state index contributed by atoms with van der Waals surface area (Å²) in [7, 11) is 3.01. The molecule has 0 spiro atoms. The van der Waals surface area contributed by atoms with Crippen molar-refractivity contribution >= 4 is 31.6 Å². The van der Waals surface area contributed by atoms with Gasteiger partial charge in [0.1, 0.15) is 0 Å². The van der Waals surface area contributed by atoms with Crippen molar-refractivity contribution in [3.05, 3.63) is 6.07 Å². The minimum absolute atomic E-state index is 0.294. The maximum absolute atomic E-state index is 4.92. The van der Waals surface area contributed by atoms with Crippen molar-refractivity contribution in [3.63, 3.8) is 0 Å². The summed E-state index contributed by atoms with van der Waals surface area (Å²) in [6, 6.07) is 1.56. The zero-order chi connectivity index (χ0) is 9.84. The molecule has 0 fully saturated rings. The van der Waals surface area contributed by atoms with E-state index in [1.165, 1.54) is 17.9 Å². The van der Waals surface area contributed by atoms with Crippen molar-refractivity contribution in [3.8, 4) is 11.8 Å². The third-order valence-electron chi connectivity index (χ3n) is 1.26. The van der Waals surface area contributed by atoms with Gasteiger partial charge in [-0.15, -0.1) is 0 Å². The maximum atomic E-state index is 4.92. The minimum atomic E-state index is 0.294. The summed E-state index contributed by atoms with van der Waals surface area (Å²) in [6.45, 7) is 0. The number of nitrogens with zero attached hydrogens (tertiary/aromatic N) is 3. The highest BCUT2D eigenvalue weighted by Gasteiger charge is 2.07. The van der Waals surface area contributed by atoms with Gasteiger partial charge in [-0.2, -0.15) is 9.97 Å². The summed E-state index contributed by atoms with van der Waals surface area (Å²) in [5.41, 5.74) is 0. The van der Waals surface area contributed by atoms with Crippen LogP contribution in [0.4, 0.5) is 5.95 Å². The van der Waals surface area contributed by atoms with Crippen molar-refractivity contribution in [1.29, 1.82) is 0 Å². The van der Waals surface area contributed by atoms with Crippen LogP contribution in [0.3, 0.4) is 0 Å². The van der Waals surface area contributed by atoms with Crippen molar-refractivity contribution < 1.29 is 9.47 Å². The van der Waals surface area contributed by atoms with E-state index in [1.54, 1.807) is 6.07 Å². The summed E-state index contributed by atoms with van der Waals surface area (Å²) >= 11 is 7.84. The molecule has 72 valence electrons. The van der Waals surface area contributed by atoms with Crippen molar-refractivity contribution in [2.75, 3.05) is 17.9 Å². The molecule has 0 saturated heterocycles. The van der Waals surface area contributed by atoms with Crippen LogP contribution in [0.5, 0.6) is 11.8 Å². The molecule has 0 unspecified atom stereocenters. The smallest absolute Gasteiger partial charge is 0.252 e. The number of rotatable bonds is 3. The highest BCUT2D eigenvalue weighted by Crippen LogP contribution is 2.21. The lowest BCUT2D eigenvalue weighted by Gasteiger charge is -2.09. The molecule has 5 nitrogen and oxygen atoms in total. The molecule has 1 heterocycles. The van der Waals surface area contributed by atoms with E-state index < -0.39 is 0 Å². The van der Waals surface area contributed by atoms with E-state index in [4.69, 9.17) is 9.47 Å². The highest BCUT2D eigenvalue weighted by atomic mass is 32.2. The largest absolute Gasteiger partial charge is 0.481 e. The van der Waals surface area contributed by atoms with Gasteiger partial charge in [-0.3, -0.25) is 0 Å². The fourth-order valence-corrected chi connectivity index (χ4v) is 0.870. The first-order valence-corrected chi connectivity index (χ1v) is 4.12. The number of hydrogen-bond donors (Lipinski definition) is 2. The molecule has 1 rings (SSSR count). The van der Waals surface area contributed by atoms with E-state index in [0.717, 1.165) is 0 Å². The number of ether oxygens (including phenoxy) is 2. The van der Waals surface area contributed by atoms with Crippen molar-refractivity contribution in [2.24, 2.45) is 0 Å². The normalized spacial score (nSPS) is 9.54. The SMILES string of the molecule is COc1cc(OC)nc(N(S)S)n1. The molecule has 13 heavy (non-hydrogen) atoms. The fraction of sp³-hybridized carbons (Fsp3) is 0.333. The Hall–Kier alpha value is -0.820. The van der Waals surface area contributed by atoms with Gasteiger partial charge in [-0.25, -0.2) is 3.71 Å². The molecule has 1 aromatic rings. The molecule has 0 aliphatic rings. The van der Waals surface area contributed by atoms with Crippen molar-refractivity contribution in [2.45, 2.75) is 0 Å². The average molecular weight is 219 g/mol. The molecule has 1 aromatic heterocycles. The number of methoxy groups -OCH3 is 2. The molecule has 0 atom stereocenters. The monoisotopic (exact) mass is 219 g/mol. The number of thiol groups is 2. The van der Waals surface area contributed by atoms with E-state index in [-0.39, 0.29) is 0 Å². The molecule has 0 saturated carbocycles. The van der Waals surface area contributed by atoms with Gasteiger partial charge in [-0.1, -0.05) is 25.6 Å². The fourth-order valence-electron chi connectivity index (χ4n) is 0.691. The van der Waals surface area contributed by atoms with Crippen LogP contribution in [-0.4, -0.2) is 24.2 Å². The number of aromatic nitrogens is 2. The molecule has 0 aliphatic carbocycles. The Morgan fingerprint density at radius 2 is 1.62 bits per heavy atom. The maximum Gasteiger partial charge on any atom is 0.252 e. The van der Waals surface area contributed by atoms with Gasteiger partial charge in [0.2, 0.25) is 11.8 Å². The summed E-state index contributed by atoms with van der Waals surface area (Å²) < 4.78 is 11.0. The molecule has 0 N–H and O–H groups in total. The Morgan fingerprint density at radius 1 is 1.15 bits per heavy atom. The first-order valence-electron chi connectivity index (χ1n) is 3.32. The summed E-state index contributed by atoms with van der Waals surface area (Å²) in [5.74, 6) is 1.09. The van der Waals surface area contributed by atoms with Crippen LogP contribution in [0.25, 0.3) is 0 Å². The first-order chi connectivity index (χ1) is 6.17. The van der Waals surface area contributed by atoms with E-state index >= 15 is 0 Å². The second kappa shape index (κ2) is 4.43. The zero-order valence-electron chi connectivity index (χ0n) is 7.13. The van der Waals surface area contributed by atoms with Crippen LogP contribution < -0.4 is 13.2 Å². The predicted molar refractivity (Wildman–Crippen MR) is 55.6 cm³/mol. The standard InChI is InChI=1S/C6H9N3O2S2/c1-10-4-3-5(11-2)8-6(7-4)9(12)13/h3,12-13H,1-2H3. The summed E-state index contributed by atoms with van der Waals surface area (Å²) in [5, 5.41) is 0. The Balaban J connectivity index is 3.07. The number of hydrogen-bond acceptors (Lipinski definition) is 7. The van der Waals surface area contributed by atoms with Gasteiger partial charge < -0.3 is 9.47 Å². The average Bonchev–Trinajstić information content (AvgIpc) is 2.16. The second-order valence-corrected chi connectivity index (χ2v) is 3.16. The van der Waals surface area contributed by atoms with E-state index in [2.05, 4.69) is 35.6 Å². The second-order valence-electron chi connectivity index (χ2n) is 2.04. The lowest BCUT2D eigenvalue weighted by Crippen LogP contribution is -2.02. The summed E-state index contributed by atoms with van der Waals surface area (Å²) in [4.78, 5) is 7.92. The third kappa shape index (κ3) is 2.56. The van der Waals surface area contributed by atoms with Crippen LogP contribution in [0, 0.1) is 0 Å². The van der Waals surface area contributed by atoms with Gasteiger partial charge in [0, 0.05) is 0 Å². The van der Waals surface area contributed by atoms with Crippen LogP contribution in [0.1, 0.15) is 0 Å². The van der Waals surface area contributed by atoms with Crippen LogP contribution >= 0.6 is 25.6 Å². The minimum Gasteiger partial charge on any atom is -0.481 e. The molecule has 0 radical (unpaired) electrons. The van der Waals surface area contributed by atoms with E-state index in [0.29, 0.717) is 17.7 Å². The quantitative estimate of drug-likeness (QED) is 0.742. The topological polar surface area (TPSA) is 47.5 Å². The molecule has 0 amide bonds. The molecular formula is C6H9N3O2S2. The first kappa shape index (κ1) is 10.3. The molecule has 0 bridgehead atoms. The lowest BCUT2D eigenvalue weighted by molar-refractivity contribution is 0.373. The molecule has 0 aromatic carbocycles. The van der Waals surface area contributed by atoms with Crippen LogP contribution in [-0.2, 0) is 0 Å². The van der Waals surface area contributed by atoms with Crippen LogP contribution in [0.2, 0.25) is 0 Å². The van der Waals surface area contributed by atoms with Crippen LogP contribution in [0.15, 0.2) is 6.07 Å². The van der Waals surface area contributed by atoms with Gasteiger partial charge in [-0.05, 0) is 0 Å². The lowest BCUT2D eigenvalue weighted by atomic mass is 10.6. The zero-order valence-corrected chi connectivity index (χ0v) is 8.92. The molecule has 7 heteroatoms. The Labute approximate surface area is 87.2 Å². The Bertz CT molecular complexity index is 273. The molecular weight excluding hydrogens is 210 g/mol. The van der Waals surface area contributed by atoms with E-state index in [1.807, 2.05) is 0 Å². The van der Waals surface area contributed by atoms with E-state index in [9.17, 15) is 0 Å². The van der Waals surface area contributed by atoms with Crippen molar-refractivity contribution in [1.82, 2.24) is 9.97 Å².